The largest absolute Gasteiger partial charge is 0.457 e. The van der Waals surface area contributed by atoms with Gasteiger partial charge in [0.25, 0.3) is 0 Å². The van der Waals surface area contributed by atoms with Crippen LogP contribution in [0.4, 0.5) is 22.7 Å². The zero-order valence-corrected chi connectivity index (χ0v) is 39.1. The van der Waals surface area contributed by atoms with Gasteiger partial charge in [-0.1, -0.05) is 147 Å². The van der Waals surface area contributed by atoms with Gasteiger partial charge in [0.2, 0.25) is 0 Å². The second-order valence-corrected chi connectivity index (χ2v) is 20.7. The third-order valence-corrected chi connectivity index (χ3v) is 13.0. The highest BCUT2D eigenvalue weighted by Gasteiger charge is 2.30. The molecular weight excluding hydrogens is 793 g/mol. The Morgan fingerprint density at radius 2 is 1.06 bits per heavy atom. The summed E-state index contributed by atoms with van der Waals surface area (Å²) in [5.74, 6) is 2.43. The maximum Gasteiger partial charge on any atom is 0.137 e. The quantitative estimate of drug-likeness (QED) is 0.160. The van der Waals surface area contributed by atoms with E-state index in [4.69, 9.17) is 9.72 Å². The van der Waals surface area contributed by atoms with Gasteiger partial charge < -0.3 is 14.5 Å². The summed E-state index contributed by atoms with van der Waals surface area (Å²) >= 11 is 0. The second-order valence-electron chi connectivity index (χ2n) is 20.7. The van der Waals surface area contributed by atoms with Gasteiger partial charge in [-0.25, -0.2) is 4.98 Å². The predicted octanol–water partition coefficient (Wildman–Crippen LogP) is 16.4. The number of pyridine rings is 1. The standard InChI is InChI=1S/C60H58N4O/c1-58(2,3)44-25-22-41(23-26-44)42-24-29-53-52(34-42)51-28-27-50(38-56(51)64(53)57-36-45(30-31-61-57)59(4,5)6)65-49-19-15-18-47(37-49)62-39-63(55-21-14-13-20-54(55)62)48-33-43(40-16-11-10-12-17-40)32-46(35-48)60(7,8)9/h10-38H,39H2,1-9H3. The Balaban J connectivity index is 1.02. The first-order chi connectivity index (χ1) is 31.1. The summed E-state index contributed by atoms with van der Waals surface area (Å²) in [6.07, 6.45) is 1.94. The molecule has 1 aliphatic rings. The molecule has 65 heavy (non-hydrogen) atoms. The van der Waals surface area contributed by atoms with E-state index in [2.05, 4.69) is 240 Å². The molecule has 1 aliphatic heterocycles. The van der Waals surface area contributed by atoms with Gasteiger partial charge in [0, 0.05) is 40.5 Å². The lowest BCUT2D eigenvalue weighted by atomic mass is 9.85. The van der Waals surface area contributed by atoms with E-state index in [1.54, 1.807) is 0 Å². The Kier molecular flexibility index (Phi) is 10.2. The lowest BCUT2D eigenvalue weighted by molar-refractivity contribution is 0.483. The summed E-state index contributed by atoms with van der Waals surface area (Å²) in [4.78, 5) is 9.80. The van der Waals surface area contributed by atoms with Gasteiger partial charge in [-0.05, 0) is 128 Å². The zero-order chi connectivity index (χ0) is 45.3. The van der Waals surface area contributed by atoms with Gasteiger partial charge in [0.1, 0.15) is 24.0 Å². The molecule has 5 heteroatoms. The average molecular weight is 851 g/mol. The van der Waals surface area contributed by atoms with Gasteiger partial charge in [-0.15, -0.1) is 0 Å². The van der Waals surface area contributed by atoms with E-state index in [1.807, 2.05) is 12.3 Å². The molecule has 0 unspecified atom stereocenters. The van der Waals surface area contributed by atoms with Gasteiger partial charge >= 0.3 is 0 Å². The third-order valence-electron chi connectivity index (χ3n) is 13.0. The van der Waals surface area contributed by atoms with Crippen LogP contribution in [0.15, 0.2) is 176 Å². The molecule has 0 aliphatic carbocycles. The number of fused-ring (bicyclic) bond motifs is 4. The molecule has 0 spiro atoms. The van der Waals surface area contributed by atoms with E-state index in [-0.39, 0.29) is 16.2 Å². The van der Waals surface area contributed by atoms with Crippen LogP contribution in [0.5, 0.6) is 11.5 Å². The molecule has 0 N–H and O–H groups in total. The van der Waals surface area contributed by atoms with Crippen LogP contribution in [-0.2, 0) is 16.2 Å². The first-order valence-electron chi connectivity index (χ1n) is 22.9. The fourth-order valence-electron chi connectivity index (χ4n) is 9.16. The SMILES string of the molecule is CC(C)(C)c1ccc(-c2ccc3c(c2)c2ccc(Oc4cccc(N5CN(c6cc(-c7ccccc7)cc(C(C)(C)C)c6)c6ccccc65)c4)cc2n3-c2cc(C(C)(C)C)ccn2)cc1. The normalized spacial score (nSPS) is 13.2. The van der Waals surface area contributed by atoms with Crippen LogP contribution in [0.1, 0.15) is 79.0 Å². The minimum absolute atomic E-state index is 0.0175. The van der Waals surface area contributed by atoms with E-state index in [1.165, 1.54) is 55.7 Å². The second kappa shape index (κ2) is 15.8. The molecule has 0 saturated heterocycles. The van der Waals surface area contributed by atoms with Gasteiger partial charge in [-0.2, -0.15) is 0 Å². The highest BCUT2D eigenvalue weighted by Crippen LogP contribution is 2.47. The zero-order valence-electron chi connectivity index (χ0n) is 39.1. The molecule has 9 aromatic rings. The van der Waals surface area contributed by atoms with Crippen LogP contribution in [0, 0.1) is 0 Å². The maximum absolute atomic E-state index is 6.83. The van der Waals surface area contributed by atoms with Crippen molar-refractivity contribution in [1.29, 1.82) is 0 Å². The topological polar surface area (TPSA) is 33.5 Å². The third kappa shape index (κ3) is 8.05. The van der Waals surface area contributed by atoms with Crippen molar-refractivity contribution in [3.05, 3.63) is 193 Å². The monoisotopic (exact) mass is 850 g/mol. The van der Waals surface area contributed by atoms with E-state index in [0.29, 0.717) is 6.67 Å². The Morgan fingerprint density at radius 3 is 1.77 bits per heavy atom. The summed E-state index contributed by atoms with van der Waals surface area (Å²) in [7, 11) is 0. The number of benzene rings is 7. The minimum Gasteiger partial charge on any atom is -0.457 e. The Hall–Kier alpha value is -7.11. The smallest absolute Gasteiger partial charge is 0.137 e. The van der Waals surface area contributed by atoms with E-state index >= 15 is 0 Å². The van der Waals surface area contributed by atoms with Crippen LogP contribution in [0.2, 0.25) is 0 Å². The molecule has 324 valence electrons. The van der Waals surface area contributed by atoms with Crippen molar-refractivity contribution in [3.8, 4) is 39.6 Å². The first kappa shape index (κ1) is 41.9. The fraction of sp³-hybridized carbons (Fsp3) is 0.217. The lowest BCUT2D eigenvalue weighted by Gasteiger charge is -2.26. The number of hydrogen-bond acceptors (Lipinski definition) is 4. The number of rotatable bonds is 7. The summed E-state index contributed by atoms with van der Waals surface area (Å²) in [5, 5.41) is 2.33. The summed E-state index contributed by atoms with van der Waals surface area (Å²) < 4.78 is 9.12. The molecule has 0 amide bonds. The maximum atomic E-state index is 6.83. The molecule has 10 rings (SSSR count). The first-order valence-corrected chi connectivity index (χ1v) is 22.9. The highest BCUT2D eigenvalue weighted by atomic mass is 16.5. The number of aromatic nitrogens is 2. The molecule has 0 bridgehead atoms. The predicted molar refractivity (Wildman–Crippen MR) is 274 cm³/mol. The van der Waals surface area contributed by atoms with Crippen molar-refractivity contribution >= 4 is 44.6 Å². The molecule has 3 heterocycles. The van der Waals surface area contributed by atoms with Crippen LogP contribution in [0.25, 0.3) is 49.9 Å². The van der Waals surface area contributed by atoms with Gasteiger partial charge in [0.05, 0.1) is 22.4 Å². The Bertz CT molecular complexity index is 3210. The van der Waals surface area contributed by atoms with Crippen molar-refractivity contribution in [2.45, 2.75) is 78.6 Å². The van der Waals surface area contributed by atoms with Crippen molar-refractivity contribution in [2.24, 2.45) is 0 Å². The molecule has 7 aromatic carbocycles. The minimum atomic E-state index is -0.0312. The van der Waals surface area contributed by atoms with Crippen molar-refractivity contribution in [2.75, 3.05) is 16.5 Å². The highest BCUT2D eigenvalue weighted by molar-refractivity contribution is 6.10. The van der Waals surface area contributed by atoms with Crippen LogP contribution < -0.4 is 14.5 Å². The van der Waals surface area contributed by atoms with Crippen LogP contribution in [0.3, 0.4) is 0 Å². The fourth-order valence-corrected chi connectivity index (χ4v) is 9.16. The molecule has 0 fully saturated rings. The van der Waals surface area contributed by atoms with E-state index in [0.717, 1.165) is 45.1 Å². The summed E-state index contributed by atoms with van der Waals surface area (Å²) in [6.45, 7) is 21.1. The van der Waals surface area contributed by atoms with Gasteiger partial charge in [0.15, 0.2) is 0 Å². The number of nitrogens with zero attached hydrogens (tertiary/aromatic N) is 4. The van der Waals surface area contributed by atoms with Crippen LogP contribution >= 0.6 is 0 Å². The molecule has 5 nitrogen and oxygen atoms in total. The average Bonchev–Trinajstić information content (AvgIpc) is 3.84. The number of anilines is 4. The van der Waals surface area contributed by atoms with Crippen molar-refractivity contribution in [3.63, 3.8) is 0 Å². The molecule has 0 atom stereocenters. The lowest BCUT2D eigenvalue weighted by Crippen LogP contribution is -2.24. The molecular formula is C60H58N4O. The Morgan fingerprint density at radius 1 is 0.415 bits per heavy atom. The van der Waals surface area contributed by atoms with Crippen molar-refractivity contribution in [1.82, 2.24) is 9.55 Å². The number of ether oxygens (including phenoxy) is 1. The van der Waals surface area contributed by atoms with Crippen LogP contribution in [-0.4, -0.2) is 16.2 Å². The molecule has 0 radical (unpaired) electrons. The van der Waals surface area contributed by atoms with E-state index in [9.17, 15) is 0 Å². The summed E-state index contributed by atoms with van der Waals surface area (Å²) in [5.41, 5.74) is 15.5. The summed E-state index contributed by atoms with van der Waals surface area (Å²) in [6, 6.07) is 61.6. The Labute approximate surface area is 384 Å². The van der Waals surface area contributed by atoms with E-state index < -0.39 is 0 Å². The number of para-hydroxylation sites is 2. The van der Waals surface area contributed by atoms with Crippen molar-refractivity contribution < 1.29 is 4.74 Å². The molecule has 2 aromatic heterocycles. The molecule has 0 saturated carbocycles. The number of hydrogen-bond donors (Lipinski definition) is 0. The van der Waals surface area contributed by atoms with Gasteiger partial charge in [-0.3, -0.25) is 4.57 Å².